The molecule has 0 unspecified atom stereocenters. The van der Waals surface area contributed by atoms with Crippen LogP contribution in [0.25, 0.3) is 0 Å². The zero-order valence-electron chi connectivity index (χ0n) is 19.2. The average Bonchev–Trinajstić information content (AvgIpc) is 2.98. The summed E-state index contributed by atoms with van der Waals surface area (Å²) in [6, 6.07) is 6.83. The maximum atomic E-state index is 12.7. The summed E-state index contributed by atoms with van der Waals surface area (Å²) in [6.45, 7) is 7.74. The predicted molar refractivity (Wildman–Crippen MR) is 121 cm³/mol. The molecule has 0 aliphatic carbocycles. The Balaban J connectivity index is 1.88. The van der Waals surface area contributed by atoms with Crippen molar-refractivity contribution in [3.63, 3.8) is 0 Å². The highest BCUT2D eigenvalue weighted by atomic mass is 32.2. The molecule has 2 rings (SSSR count). The van der Waals surface area contributed by atoms with Crippen molar-refractivity contribution in [1.82, 2.24) is 19.0 Å². The standard InChI is InChI=1S/C22H36N4O4S/c1-5-26(6-2)31(29,30)20-11-8-19(9-12-20)10-13-21(27)25-15-7-14-24(16-17-25)18-22(28)23(3)4/h8-9,11-12H,5-7,10,13-18H2,1-4H3. The summed E-state index contributed by atoms with van der Waals surface area (Å²) in [4.78, 5) is 30.5. The molecule has 0 radical (unpaired) electrons. The van der Waals surface area contributed by atoms with E-state index in [-0.39, 0.29) is 16.7 Å². The molecule has 1 aliphatic heterocycles. The number of likely N-dealkylation sites (N-methyl/N-ethyl adjacent to an activating group) is 1. The van der Waals surface area contributed by atoms with Crippen molar-refractivity contribution in [2.24, 2.45) is 0 Å². The molecule has 31 heavy (non-hydrogen) atoms. The molecule has 174 valence electrons. The van der Waals surface area contributed by atoms with Crippen LogP contribution in [0.1, 0.15) is 32.3 Å². The van der Waals surface area contributed by atoms with Crippen molar-refractivity contribution in [3.8, 4) is 0 Å². The minimum Gasteiger partial charge on any atom is -0.348 e. The summed E-state index contributed by atoms with van der Waals surface area (Å²) in [6.07, 6.45) is 1.81. The van der Waals surface area contributed by atoms with Crippen LogP contribution in [0.15, 0.2) is 29.2 Å². The number of aryl methyl sites for hydroxylation is 1. The van der Waals surface area contributed by atoms with Gasteiger partial charge in [-0.05, 0) is 30.5 Å². The molecule has 0 bridgehead atoms. The van der Waals surface area contributed by atoms with Crippen LogP contribution in [-0.4, -0.2) is 99.1 Å². The predicted octanol–water partition coefficient (Wildman–Crippen LogP) is 1.27. The first-order chi connectivity index (χ1) is 14.7. The zero-order chi connectivity index (χ0) is 23.0. The minimum atomic E-state index is -3.46. The van der Waals surface area contributed by atoms with E-state index >= 15 is 0 Å². The first-order valence-electron chi connectivity index (χ1n) is 11.0. The van der Waals surface area contributed by atoms with Crippen LogP contribution in [0.5, 0.6) is 0 Å². The summed E-state index contributed by atoms with van der Waals surface area (Å²) < 4.78 is 26.6. The van der Waals surface area contributed by atoms with Crippen LogP contribution in [0.2, 0.25) is 0 Å². The van der Waals surface area contributed by atoms with E-state index in [2.05, 4.69) is 4.90 Å². The SMILES string of the molecule is CCN(CC)S(=O)(=O)c1ccc(CCC(=O)N2CCCN(CC(=O)N(C)C)CC2)cc1. The third kappa shape index (κ3) is 7.02. The van der Waals surface area contributed by atoms with Crippen molar-refractivity contribution in [3.05, 3.63) is 29.8 Å². The Morgan fingerprint density at radius 3 is 2.19 bits per heavy atom. The number of hydrogen-bond acceptors (Lipinski definition) is 5. The Morgan fingerprint density at radius 1 is 0.968 bits per heavy atom. The van der Waals surface area contributed by atoms with E-state index in [1.165, 1.54) is 4.31 Å². The van der Waals surface area contributed by atoms with Crippen molar-refractivity contribution in [2.45, 2.75) is 38.0 Å². The smallest absolute Gasteiger partial charge is 0.243 e. The van der Waals surface area contributed by atoms with E-state index < -0.39 is 10.0 Å². The summed E-state index contributed by atoms with van der Waals surface area (Å²) in [7, 11) is 0.0398. The van der Waals surface area contributed by atoms with Gasteiger partial charge in [-0.2, -0.15) is 4.31 Å². The largest absolute Gasteiger partial charge is 0.348 e. The lowest BCUT2D eigenvalue weighted by molar-refractivity contribution is -0.131. The van der Waals surface area contributed by atoms with Gasteiger partial charge in [0.2, 0.25) is 21.8 Å². The molecule has 1 fully saturated rings. The van der Waals surface area contributed by atoms with Gasteiger partial charge < -0.3 is 9.80 Å². The molecule has 2 amide bonds. The third-order valence-electron chi connectivity index (χ3n) is 5.69. The fourth-order valence-corrected chi connectivity index (χ4v) is 5.12. The van der Waals surface area contributed by atoms with Crippen molar-refractivity contribution in [2.75, 3.05) is 59.9 Å². The van der Waals surface area contributed by atoms with Gasteiger partial charge in [0, 0.05) is 59.8 Å². The Morgan fingerprint density at radius 2 is 1.61 bits per heavy atom. The maximum Gasteiger partial charge on any atom is 0.243 e. The highest BCUT2D eigenvalue weighted by molar-refractivity contribution is 7.89. The lowest BCUT2D eigenvalue weighted by atomic mass is 10.1. The van der Waals surface area contributed by atoms with E-state index in [4.69, 9.17) is 0 Å². The molecule has 1 heterocycles. The third-order valence-corrected chi connectivity index (χ3v) is 7.76. The fourth-order valence-electron chi connectivity index (χ4n) is 3.66. The van der Waals surface area contributed by atoms with Crippen LogP contribution in [0.4, 0.5) is 0 Å². The topological polar surface area (TPSA) is 81.2 Å². The van der Waals surface area contributed by atoms with Gasteiger partial charge in [0.05, 0.1) is 11.4 Å². The molecule has 1 aromatic rings. The molecule has 0 aromatic heterocycles. The summed E-state index contributed by atoms with van der Waals surface area (Å²) in [5, 5.41) is 0. The quantitative estimate of drug-likeness (QED) is 0.564. The molecule has 0 N–H and O–H groups in total. The fraction of sp³-hybridized carbons (Fsp3) is 0.636. The van der Waals surface area contributed by atoms with Crippen LogP contribution in [-0.2, 0) is 26.0 Å². The Hall–Kier alpha value is -1.97. The number of benzene rings is 1. The highest BCUT2D eigenvalue weighted by Gasteiger charge is 2.22. The lowest BCUT2D eigenvalue weighted by Gasteiger charge is -2.23. The number of hydrogen-bond donors (Lipinski definition) is 0. The second kappa shape index (κ2) is 11.6. The van der Waals surface area contributed by atoms with Gasteiger partial charge in [0.25, 0.3) is 0 Å². The summed E-state index contributed by atoms with van der Waals surface area (Å²) in [5.41, 5.74) is 0.944. The van der Waals surface area contributed by atoms with Gasteiger partial charge >= 0.3 is 0 Å². The minimum absolute atomic E-state index is 0.0752. The van der Waals surface area contributed by atoms with Gasteiger partial charge in [-0.1, -0.05) is 26.0 Å². The van der Waals surface area contributed by atoms with E-state index in [9.17, 15) is 18.0 Å². The van der Waals surface area contributed by atoms with E-state index in [0.29, 0.717) is 52.1 Å². The van der Waals surface area contributed by atoms with Gasteiger partial charge in [-0.15, -0.1) is 0 Å². The molecule has 1 aliphatic rings. The van der Waals surface area contributed by atoms with Crippen LogP contribution >= 0.6 is 0 Å². The van der Waals surface area contributed by atoms with Crippen LogP contribution < -0.4 is 0 Å². The Kier molecular flexibility index (Phi) is 9.46. The van der Waals surface area contributed by atoms with Crippen molar-refractivity contribution in [1.29, 1.82) is 0 Å². The van der Waals surface area contributed by atoms with Gasteiger partial charge in [0.15, 0.2) is 0 Å². The van der Waals surface area contributed by atoms with E-state index in [0.717, 1.165) is 18.5 Å². The molecule has 1 saturated heterocycles. The average molecular weight is 453 g/mol. The van der Waals surface area contributed by atoms with Gasteiger partial charge in [-0.25, -0.2) is 8.42 Å². The second-order valence-electron chi connectivity index (χ2n) is 8.03. The normalized spacial score (nSPS) is 15.7. The van der Waals surface area contributed by atoms with Crippen LogP contribution in [0.3, 0.4) is 0 Å². The highest BCUT2D eigenvalue weighted by Crippen LogP contribution is 2.17. The summed E-state index contributed by atoms with van der Waals surface area (Å²) >= 11 is 0. The van der Waals surface area contributed by atoms with Gasteiger partial charge in [-0.3, -0.25) is 14.5 Å². The molecular weight excluding hydrogens is 416 g/mol. The molecule has 9 heteroatoms. The molecule has 0 atom stereocenters. The van der Waals surface area contributed by atoms with Crippen molar-refractivity contribution >= 4 is 21.8 Å². The summed E-state index contributed by atoms with van der Waals surface area (Å²) in [5.74, 6) is 0.173. The number of sulfonamides is 1. The Bertz CT molecular complexity index is 836. The molecule has 0 saturated carbocycles. The van der Waals surface area contributed by atoms with Gasteiger partial charge in [0.1, 0.15) is 0 Å². The van der Waals surface area contributed by atoms with Crippen LogP contribution in [0, 0.1) is 0 Å². The molecule has 1 aromatic carbocycles. The second-order valence-corrected chi connectivity index (χ2v) is 9.97. The number of carbonyl (C=O) groups excluding carboxylic acids is 2. The molecule has 8 nitrogen and oxygen atoms in total. The van der Waals surface area contributed by atoms with Crippen molar-refractivity contribution < 1.29 is 18.0 Å². The molecular formula is C22H36N4O4S. The van der Waals surface area contributed by atoms with E-state index in [1.807, 2.05) is 18.7 Å². The number of nitrogens with zero attached hydrogens (tertiary/aromatic N) is 4. The monoisotopic (exact) mass is 452 g/mol. The lowest BCUT2D eigenvalue weighted by Crippen LogP contribution is -2.39. The molecule has 0 spiro atoms. The number of amides is 2. The zero-order valence-corrected chi connectivity index (χ0v) is 20.0. The maximum absolute atomic E-state index is 12.7. The number of carbonyl (C=O) groups is 2. The number of rotatable bonds is 9. The first kappa shape index (κ1) is 25.3. The Labute approximate surface area is 186 Å². The first-order valence-corrected chi connectivity index (χ1v) is 12.4. The van der Waals surface area contributed by atoms with E-state index in [1.54, 1.807) is 43.3 Å².